The predicted octanol–water partition coefficient (Wildman–Crippen LogP) is 4.78. The standard InChI is InChI=1S/C14H32S/c1-13(2,3)10-12(14(4,5)6)11-15(7,8)9/h12H,10-11H2,1-9H3. The third kappa shape index (κ3) is 8.19. The minimum atomic E-state index is -0.379. The highest BCUT2D eigenvalue weighted by molar-refractivity contribution is 8.32. The van der Waals surface area contributed by atoms with Crippen molar-refractivity contribution in [3.63, 3.8) is 0 Å². The normalized spacial score (nSPS) is 17.7. The van der Waals surface area contributed by atoms with Gasteiger partial charge in [0.1, 0.15) is 0 Å². The molecule has 0 aromatic rings. The van der Waals surface area contributed by atoms with Gasteiger partial charge in [0.25, 0.3) is 0 Å². The molecule has 0 fully saturated rings. The number of hydrogen-bond donors (Lipinski definition) is 0. The van der Waals surface area contributed by atoms with Crippen LogP contribution in [0.25, 0.3) is 0 Å². The fourth-order valence-electron chi connectivity index (χ4n) is 1.96. The molecule has 0 aliphatic rings. The van der Waals surface area contributed by atoms with Crippen molar-refractivity contribution in [2.45, 2.75) is 48.0 Å². The van der Waals surface area contributed by atoms with Gasteiger partial charge in [0.2, 0.25) is 0 Å². The molecule has 0 saturated carbocycles. The molecule has 0 N–H and O–H groups in total. The smallest absolute Gasteiger partial charge is 0.0202 e. The van der Waals surface area contributed by atoms with E-state index in [1.165, 1.54) is 12.2 Å². The van der Waals surface area contributed by atoms with Gasteiger partial charge in [0.15, 0.2) is 0 Å². The fourth-order valence-corrected chi connectivity index (χ4v) is 3.78. The molecule has 0 nitrogen and oxygen atoms in total. The third-order valence-electron chi connectivity index (χ3n) is 2.78. The quantitative estimate of drug-likeness (QED) is 0.657. The number of hydrogen-bond acceptors (Lipinski definition) is 0. The summed E-state index contributed by atoms with van der Waals surface area (Å²) in [5, 5.41) is 0. The molecular formula is C14H32S. The van der Waals surface area contributed by atoms with Crippen LogP contribution in [0.2, 0.25) is 0 Å². The van der Waals surface area contributed by atoms with E-state index in [4.69, 9.17) is 0 Å². The first-order chi connectivity index (χ1) is 6.31. The topological polar surface area (TPSA) is 0 Å². The van der Waals surface area contributed by atoms with Gasteiger partial charge >= 0.3 is 0 Å². The van der Waals surface area contributed by atoms with E-state index in [1.54, 1.807) is 0 Å². The third-order valence-corrected chi connectivity index (χ3v) is 4.19. The van der Waals surface area contributed by atoms with E-state index in [2.05, 4.69) is 60.3 Å². The van der Waals surface area contributed by atoms with Gasteiger partial charge < -0.3 is 0 Å². The average molecular weight is 232 g/mol. The van der Waals surface area contributed by atoms with Crippen LogP contribution >= 0.6 is 10.0 Å². The molecule has 0 aliphatic heterocycles. The van der Waals surface area contributed by atoms with Gasteiger partial charge in [-0.2, -0.15) is 0 Å². The molecule has 0 radical (unpaired) electrons. The molecule has 0 rings (SSSR count). The summed E-state index contributed by atoms with van der Waals surface area (Å²) in [7, 11) is -0.379. The Bertz CT molecular complexity index is 169. The molecular weight excluding hydrogens is 200 g/mol. The zero-order valence-corrected chi connectivity index (χ0v) is 13.2. The van der Waals surface area contributed by atoms with Crippen molar-refractivity contribution < 1.29 is 0 Å². The molecule has 0 aliphatic carbocycles. The molecule has 94 valence electrons. The second-order valence-corrected chi connectivity index (χ2v) is 12.6. The zero-order chi connectivity index (χ0) is 12.5. The minimum Gasteiger partial charge on any atom is -0.249 e. The molecule has 0 aromatic heterocycles. The lowest BCUT2D eigenvalue weighted by molar-refractivity contribution is 0.186. The molecule has 0 aromatic carbocycles. The van der Waals surface area contributed by atoms with Gasteiger partial charge in [-0.1, -0.05) is 41.5 Å². The van der Waals surface area contributed by atoms with Crippen LogP contribution in [0.1, 0.15) is 48.0 Å². The van der Waals surface area contributed by atoms with E-state index in [-0.39, 0.29) is 10.0 Å². The summed E-state index contributed by atoms with van der Waals surface area (Å²) >= 11 is 0. The summed E-state index contributed by atoms with van der Waals surface area (Å²) in [5.74, 6) is 2.26. The molecule has 1 atom stereocenters. The summed E-state index contributed by atoms with van der Waals surface area (Å²) < 4.78 is 0. The molecule has 1 heteroatoms. The van der Waals surface area contributed by atoms with Gasteiger partial charge in [0, 0.05) is 0 Å². The van der Waals surface area contributed by atoms with E-state index < -0.39 is 0 Å². The highest BCUT2D eigenvalue weighted by Crippen LogP contribution is 2.45. The maximum Gasteiger partial charge on any atom is -0.0202 e. The second kappa shape index (κ2) is 4.69. The SMILES string of the molecule is CC(C)(C)CC(CS(C)(C)C)C(C)(C)C. The van der Waals surface area contributed by atoms with Crippen molar-refractivity contribution in [2.24, 2.45) is 16.7 Å². The summed E-state index contributed by atoms with van der Waals surface area (Å²) in [6, 6.07) is 0. The number of rotatable bonds is 3. The van der Waals surface area contributed by atoms with Crippen molar-refractivity contribution in [2.75, 3.05) is 24.5 Å². The Labute approximate surface area is 99.5 Å². The Morgan fingerprint density at radius 1 is 0.867 bits per heavy atom. The van der Waals surface area contributed by atoms with E-state index in [0.29, 0.717) is 10.8 Å². The van der Waals surface area contributed by atoms with E-state index in [1.807, 2.05) is 0 Å². The molecule has 0 bridgehead atoms. The Morgan fingerprint density at radius 3 is 1.47 bits per heavy atom. The van der Waals surface area contributed by atoms with Gasteiger partial charge in [-0.15, -0.1) is 0 Å². The van der Waals surface area contributed by atoms with E-state index >= 15 is 0 Å². The van der Waals surface area contributed by atoms with Crippen molar-refractivity contribution >= 4 is 10.0 Å². The summed E-state index contributed by atoms with van der Waals surface area (Å²) in [4.78, 5) is 0. The van der Waals surface area contributed by atoms with Crippen LogP contribution in [0.4, 0.5) is 0 Å². The molecule has 0 heterocycles. The Hall–Kier alpha value is 0.350. The first-order valence-corrected chi connectivity index (χ1v) is 9.00. The maximum absolute atomic E-state index is 2.44. The highest BCUT2D eigenvalue weighted by Gasteiger charge is 2.30. The summed E-state index contributed by atoms with van der Waals surface area (Å²) in [6.07, 6.45) is 8.66. The van der Waals surface area contributed by atoms with Crippen molar-refractivity contribution in [1.82, 2.24) is 0 Å². The molecule has 1 unspecified atom stereocenters. The lowest BCUT2D eigenvalue weighted by Crippen LogP contribution is -2.30. The average Bonchev–Trinajstić information content (AvgIpc) is 1.75. The van der Waals surface area contributed by atoms with Gasteiger partial charge in [-0.25, -0.2) is 10.0 Å². The Morgan fingerprint density at radius 2 is 1.27 bits per heavy atom. The largest absolute Gasteiger partial charge is 0.249 e. The van der Waals surface area contributed by atoms with Crippen LogP contribution in [-0.2, 0) is 0 Å². The second-order valence-electron chi connectivity index (χ2n) is 8.09. The van der Waals surface area contributed by atoms with E-state index in [9.17, 15) is 0 Å². The highest BCUT2D eigenvalue weighted by atomic mass is 32.3. The fraction of sp³-hybridized carbons (Fsp3) is 1.00. The van der Waals surface area contributed by atoms with Crippen molar-refractivity contribution in [3.05, 3.63) is 0 Å². The first kappa shape index (κ1) is 15.3. The van der Waals surface area contributed by atoms with Crippen molar-refractivity contribution in [3.8, 4) is 0 Å². The van der Waals surface area contributed by atoms with Crippen LogP contribution in [0.3, 0.4) is 0 Å². The van der Waals surface area contributed by atoms with Gasteiger partial charge in [-0.3, -0.25) is 0 Å². The zero-order valence-electron chi connectivity index (χ0n) is 12.4. The minimum absolute atomic E-state index is 0.379. The van der Waals surface area contributed by atoms with Crippen LogP contribution in [0.5, 0.6) is 0 Å². The van der Waals surface area contributed by atoms with Gasteiger partial charge in [0.05, 0.1) is 0 Å². The Kier molecular flexibility index (Phi) is 4.80. The lowest BCUT2D eigenvalue weighted by Gasteiger charge is -2.41. The summed E-state index contributed by atoms with van der Waals surface area (Å²) in [5.41, 5.74) is 0.913. The summed E-state index contributed by atoms with van der Waals surface area (Å²) in [6.45, 7) is 14.3. The molecule has 0 spiro atoms. The van der Waals surface area contributed by atoms with Crippen LogP contribution in [0, 0.1) is 16.7 Å². The maximum atomic E-state index is 2.44. The molecule has 15 heavy (non-hydrogen) atoms. The van der Waals surface area contributed by atoms with Gasteiger partial charge in [-0.05, 0) is 47.7 Å². The lowest BCUT2D eigenvalue weighted by atomic mass is 9.73. The van der Waals surface area contributed by atoms with Crippen LogP contribution < -0.4 is 0 Å². The Balaban J connectivity index is 4.62. The van der Waals surface area contributed by atoms with E-state index in [0.717, 1.165) is 5.92 Å². The van der Waals surface area contributed by atoms with Crippen LogP contribution in [-0.4, -0.2) is 24.5 Å². The first-order valence-electron chi connectivity index (χ1n) is 5.97. The van der Waals surface area contributed by atoms with Crippen LogP contribution in [0.15, 0.2) is 0 Å². The van der Waals surface area contributed by atoms with Crippen molar-refractivity contribution in [1.29, 1.82) is 0 Å². The monoisotopic (exact) mass is 232 g/mol. The molecule has 0 saturated heterocycles. The predicted molar refractivity (Wildman–Crippen MR) is 77.2 cm³/mol. The molecule has 0 amide bonds.